The molecule has 6 aromatic rings. The average Bonchev–Trinajstić information content (AvgIpc) is 3.82. The van der Waals surface area contributed by atoms with Crippen LogP contribution in [0.1, 0.15) is 42.9 Å². The van der Waals surface area contributed by atoms with Crippen molar-refractivity contribution in [1.29, 1.82) is 0 Å². The highest BCUT2D eigenvalue weighted by Crippen LogP contribution is 2.39. The number of piperidine rings is 1. The Kier molecular flexibility index (Phi) is 6.36. The van der Waals surface area contributed by atoms with Crippen molar-refractivity contribution in [3.63, 3.8) is 0 Å². The van der Waals surface area contributed by atoms with Crippen LogP contribution in [-0.2, 0) is 12.8 Å². The fourth-order valence-corrected chi connectivity index (χ4v) is 7.36. The van der Waals surface area contributed by atoms with E-state index in [0.717, 1.165) is 69.3 Å². The first kappa shape index (κ1) is 26.0. The maximum absolute atomic E-state index is 13.2. The molecule has 3 N–H and O–H groups in total. The number of pyridine rings is 1. The molecule has 2 aliphatic rings. The predicted octanol–water partition coefficient (Wildman–Crippen LogP) is 7.30. The maximum Gasteiger partial charge on any atom is 0.321 e. The van der Waals surface area contributed by atoms with Crippen molar-refractivity contribution >= 4 is 50.1 Å². The Hall–Kier alpha value is -4.70. The monoisotopic (exact) mass is 589 g/mol. The minimum atomic E-state index is -0.0151. The molecule has 10 heteroatoms. The van der Waals surface area contributed by atoms with Crippen LogP contribution in [0.2, 0.25) is 0 Å². The summed E-state index contributed by atoms with van der Waals surface area (Å²) in [6, 6.07) is 14.6. The molecule has 1 fully saturated rings. The predicted molar refractivity (Wildman–Crippen MR) is 170 cm³/mol. The zero-order valence-corrected chi connectivity index (χ0v) is 24.4. The SMILES string of the molecule is Nc1ncc(-c2cnn(C3CCN(C(=O)Nc4cccc5c4CCCC5)CC3)c2)c2cc(-c3cccc4cnsc34)oc12. The summed E-state index contributed by atoms with van der Waals surface area (Å²) in [4.78, 5) is 19.5. The molecule has 0 atom stereocenters. The number of rotatable bonds is 4. The van der Waals surface area contributed by atoms with Gasteiger partial charge in [0.15, 0.2) is 11.4 Å². The first-order chi connectivity index (χ1) is 21.1. The van der Waals surface area contributed by atoms with Gasteiger partial charge in [0.2, 0.25) is 0 Å². The fourth-order valence-electron chi connectivity index (χ4n) is 6.60. The number of likely N-dealkylation sites (tertiary alicyclic amines) is 1. The first-order valence-electron chi connectivity index (χ1n) is 14.9. The molecule has 5 heterocycles. The minimum Gasteiger partial charge on any atom is -0.452 e. The third-order valence-electron chi connectivity index (χ3n) is 8.91. The van der Waals surface area contributed by atoms with Crippen molar-refractivity contribution in [1.82, 2.24) is 24.0 Å². The van der Waals surface area contributed by atoms with Crippen molar-refractivity contribution in [2.75, 3.05) is 24.1 Å². The van der Waals surface area contributed by atoms with E-state index in [1.807, 2.05) is 52.3 Å². The Morgan fingerprint density at radius 1 is 1.02 bits per heavy atom. The Morgan fingerprint density at radius 2 is 1.88 bits per heavy atom. The number of benzene rings is 2. The van der Waals surface area contributed by atoms with Crippen LogP contribution in [0.5, 0.6) is 0 Å². The molecule has 1 aliphatic carbocycles. The van der Waals surface area contributed by atoms with Crippen molar-refractivity contribution in [3.8, 4) is 22.5 Å². The summed E-state index contributed by atoms with van der Waals surface area (Å²) in [5.41, 5.74) is 13.3. The van der Waals surface area contributed by atoms with Crippen molar-refractivity contribution in [2.24, 2.45) is 0 Å². The Balaban J connectivity index is 0.996. The van der Waals surface area contributed by atoms with Gasteiger partial charge in [-0.05, 0) is 79.4 Å². The Labute approximate surface area is 252 Å². The zero-order valence-electron chi connectivity index (χ0n) is 23.6. The molecule has 0 bridgehead atoms. The number of carbonyl (C=O) groups excluding carboxylic acids is 1. The third kappa shape index (κ3) is 4.62. The third-order valence-corrected chi connectivity index (χ3v) is 9.76. The van der Waals surface area contributed by atoms with Gasteiger partial charge in [0.05, 0.1) is 16.9 Å². The van der Waals surface area contributed by atoms with Crippen LogP contribution in [0.4, 0.5) is 16.3 Å². The highest BCUT2D eigenvalue weighted by Gasteiger charge is 2.26. The van der Waals surface area contributed by atoms with Crippen LogP contribution in [0.15, 0.2) is 71.7 Å². The molecule has 0 radical (unpaired) electrons. The lowest BCUT2D eigenvalue weighted by atomic mass is 9.90. The van der Waals surface area contributed by atoms with E-state index in [1.54, 1.807) is 6.20 Å². The molecule has 1 aliphatic heterocycles. The van der Waals surface area contributed by atoms with Crippen molar-refractivity contribution < 1.29 is 9.21 Å². The second-order valence-corrected chi connectivity index (χ2v) is 12.3. The molecule has 216 valence electrons. The number of hydrogen-bond acceptors (Lipinski definition) is 7. The van der Waals surface area contributed by atoms with E-state index in [-0.39, 0.29) is 12.1 Å². The normalized spacial score (nSPS) is 15.7. The van der Waals surface area contributed by atoms with Gasteiger partial charge in [-0.3, -0.25) is 4.68 Å². The van der Waals surface area contributed by atoms with E-state index in [1.165, 1.54) is 35.5 Å². The van der Waals surface area contributed by atoms with E-state index < -0.39 is 0 Å². The first-order valence-corrected chi connectivity index (χ1v) is 15.6. The highest BCUT2D eigenvalue weighted by atomic mass is 32.1. The average molecular weight is 590 g/mol. The lowest BCUT2D eigenvalue weighted by Gasteiger charge is -2.32. The number of aromatic nitrogens is 4. The molecule has 9 nitrogen and oxygen atoms in total. The van der Waals surface area contributed by atoms with Gasteiger partial charge in [0, 0.05) is 64.8 Å². The largest absolute Gasteiger partial charge is 0.452 e. The molecule has 1 saturated heterocycles. The summed E-state index contributed by atoms with van der Waals surface area (Å²) in [5, 5.41) is 9.91. The smallest absolute Gasteiger partial charge is 0.321 e. The van der Waals surface area contributed by atoms with Gasteiger partial charge in [-0.1, -0.05) is 24.3 Å². The molecular formula is C33H31N7O2S. The van der Waals surface area contributed by atoms with Crippen molar-refractivity contribution in [2.45, 2.75) is 44.6 Å². The number of hydrogen-bond donors (Lipinski definition) is 2. The molecule has 0 saturated carbocycles. The quantitative estimate of drug-likeness (QED) is 0.223. The van der Waals surface area contributed by atoms with E-state index in [2.05, 4.69) is 33.0 Å². The number of nitrogens with zero attached hydrogens (tertiary/aromatic N) is 5. The second kappa shape index (κ2) is 10.5. The van der Waals surface area contributed by atoms with Gasteiger partial charge in [-0.2, -0.15) is 9.47 Å². The van der Waals surface area contributed by atoms with E-state index in [0.29, 0.717) is 24.5 Å². The van der Waals surface area contributed by atoms with Crippen LogP contribution < -0.4 is 11.1 Å². The standard InChI is InChI=1S/C33H31N7O2S/c34-32-30-26(15-29(42-30)25-9-3-7-21-17-37-43-31(21)25)27(18-35-32)22-16-36-40(19-22)23-11-13-39(14-12-23)33(41)38-28-10-4-6-20-5-1-2-8-24(20)28/h3-4,6-7,9-10,15-19,23H,1-2,5,8,11-14H2,(H2,34,35)(H,38,41). The van der Waals surface area contributed by atoms with E-state index in [9.17, 15) is 4.79 Å². The fraction of sp³-hybridized carbons (Fsp3) is 0.273. The number of anilines is 2. The molecule has 0 spiro atoms. The number of carbonyl (C=O) groups is 1. The van der Waals surface area contributed by atoms with Crippen LogP contribution >= 0.6 is 11.5 Å². The lowest BCUT2D eigenvalue weighted by Crippen LogP contribution is -2.41. The van der Waals surface area contributed by atoms with Gasteiger partial charge in [0.1, 0.15) is 5.76 Å². The van der Waals surface area contributed by atoms with Gasteiger partial charge in [0.25, 0.3) is 0 Å². The Morgan fingerprint density at radius 3 is 2.79 bits per heavy atom. The van der Waals surface area contributed by atoms with Gasteiger partial charge in [-0.25, -0.2) is 9.78 Å². The maximum atomic E-state index is 13.2. The number of furan rings is 1. The number of nitrogen functional groups attached to an aromatic ring is 1. The summed E-state index contributed by atoms with van der Waals surface area (Å²) in [7, 11) is 0. The summed E-state index contributed by atoms with van der Waals surface area (Å²) >= 11 is 1.45. The second-order valence-electron chi connectivity index (χ2n) is 11.5. The zero-order chi connectivity index (χ0) is 28.9. The van der Waals surface area contributed by atoms with Crippen LogP contribution in [0.25, 0.3) is 43.5 Å². The van der Waals surface area contributed by atoms with Crippen molar-refractivity contribution in [3.05, 3.63) is 78.4 Å². The number of nitrogens with one attached hydrogen (secondary N) is 1. The van der Waals surface area contributed by atoms with Crippen LogP contribution in [0.3, 0.4) is 0 Å². The molecule has 2 aromatic carbocycles. The van der Waals surface area contributed by atoms with Gasteiger partial charge < -0.3 is 20.4 Å². The van der Waals surface area contributed by atoms with Gasteiger partial charge in [-0.15, -0.1) is 0 Å². The summed E-state index contributed by atoms with van der Waals surface area (Å²) in [5.74, 6) is 1.09. The Bertz CT molecular complexity index is 1980. The molecular weight excluding hydrogens is 558 g/mol. The number of aryl methyl sites for hydroxylation is 1. The molecule has 8 rings (SSSR count). The molecule has 4 aromatic heterocycles. The van der Waals surface area contributed by atoms with Crippen LogP contribution in [-0.4, -0.2) is 43.2 Å². The number of fused-ring (bicyclic) bond motifs is 3. The van der Waals surface area contributed by atoms with E-state index >= 15 is 0 Å². The molecule has 2 amide bonds. The van der Waals surface area contributed by atoms with E-state index in [4.69, 9.17) is 15.2 Å². The molecule has 0 unspecified atom stereocenters. The summed E-state index contributed by atoms with van der Waals surface area (Å²) in [6.45, 7) is 1.37. The molecule has 43 heavy (non-hydrogen) atoms. The number of urea groups is 1. The number of amides is 2. The van der Waals surface area contributed by atoms with Gasteiger partial charge >= 0.3 is 6.03 Å². The summed E-state index contributed by atoms with van der Waals surface area (Å²) < 4.78 is 13.7. The number of nitrogens with two attached hydrogens (primary N) is 1. The lowest BCUT2D eigenvalue weighted by molar-refractivity contribution is 0.180. The van der Waals surface area contributed by atoms with Crippen LogP contribution in [0, 0.1) is 0 Å². The highest BCUT2D eigenvalue weighted by molar-refractivity contribution is 7.13. The summed E-state index contributed by atoms with van der Waals surface area (Å²) in [6.07, 6.45) is 13.8. The topological polar surface area (TPSA) is 115 Å². The minimum absolute atomic E-state index is 0.0151.